The molecule has 0 aromatic heterocycles. The van der Waals surface area contributed by atoms with Crippen molar-refractivity contribution in [2.24, 2.45) is 5.41 Å². The van der Waals surface area contributed by atoms with E-state index in [9.17, 15) is 14.4 Å². The van der Waals surface area contributed by atoms with Gasteiger partial charge in [0, 0.05) is 16.9 Å². The molecule has 2 aromatic carbocycles. The maximum Gasteiger partial charge on any atom is 0.240 e. The highest BCUT2D eigenvalue weighted by Crippen LogP contribution is 2.47. The van der Waals surface area contributed by atoms with E-state index in [0.717, 1.165) is 5.56 Å². The molecule has 1 fully saturated rings. The molecule has 0 atom stereocenters. The molecule has 0 saturated heterocycles. The fourth-order valence-corrected chi connectivity index (χ4v) is 2.64. The predicted octanol–water partition coefficient (Wildman–Crippen LogP) is 3.56. The maximum atomic E-state index is 12.6. The highest BCUT2D eigenvalue weighted by molar-refractivity contribution is 6.17. The number of carbonyl (C=O) groups excluding carboxylic acids is 3. The summed E-state index contributed by atoms with van der Waals surface area (Å²) in [6.45, 7) is 3.44. The molecule has 0 unspecified atom stereocenters. The minimum Gasteiger partial charge on any atom is -0.325 e. The van der Waals surface area contributed by atoms with Crippen molar-refractivity contribution in [2.45, 2.75) is 26.7 Å². The van der Waals surface area contributed by atoms with E-state index in [0.29, 0.717) is 29.8 Å². The van der Waals surface area contributed by atoms with Gasteiger partial charge < -0.3 is 10.6 Å². The standard InChI is InChI=1S/C20H20N2O3/c1-13-6-8-16(9-7-13)21-18(24)20(10-11-20)19(25)22-17-5-3-4-15(12-17)14(2)23/h3-9,12H,10-11H2,1-2H3,(H,21,24)(H,22,25). The second-order valence-corrected chi connectivity index (χ2v) is 6.49. The van der Waals surface area contributed by atoms with E-state index in [-0.39, 0.29) is 17.6 Å². The first-order valence-electron chi connectivity index (χ1n) is 8.21. The van der Waals surface area contributed by atoms with Gasteiger partial charge in [-0.25, -0.2) is 0 Å². The Hall–Kier alpha value is -2.95. The number of rotatable bonds is 5. The van der Waals surface area contributed by atoms with Crippen LogP contribution in [0.3, 0.4) is 0 Å². The van der Waals surface area contributed by atoms with Crippen molar-refractivity contribution in [3.8, 4) is 0 Å². The summed E-state index contributed by atoms with van der Waals surface area (Å²) in [5.41, 5.74) is 1.78. The topological polar surface area (TPSA) is 75.3 Å². The molecule has 0 aliphatic heterocycles. The Kier molecular flexibility index (Phi) is 4.40. The molecule has 0 spiro atoms. The number of Topliss-reactive ketones (excluding diaryl/α,β-unsaturated/α-hetero) is 1. The highest BCUT2D eigenvalue weighted by atomic mass is 16.2. The monoisotopic (exact) mass is 336 g/mol. The summed E-state index contributed by atoms with van der Waals surface area (Å²) in [5.74, 6) is -0.705. The Labute approximate surface area is 146 Å². The van der Waals surface area contributed by atoms with E-state index in [2.05, 4.69) is 10.6 Å². The Bertz CT molecular complexity index is 836. The van der Waals surface area contributed by atoms with Crippen LogP contribution in [0, 0.1) is 12.3 Å². The summed E-state index contributed by atoms with van der Waals surface area (Å²) in [6, 6.07) is 14.2. The van der Waals surface area contributed by atoms with Crippen LogP contribution in [0.5, 0.6) is 0 Å². The summed E-state index contributed by atoms with van der Waals surface area (Å²) >= 11 is 0. The zero-order valence-electron chi connectivity index (χ0n) is 14.3. The fourth-order valence-electron chi connectivity index (χ4n) is 2.64. The first kappa shape index (κ1) is 16.9. The first-order valence-corrected chi connectivity index (χ1v) is 8.21. The number of hydrogen-bond donors (Lipinski definition) is 2. The molecule has 1 aliphatic carbocycles. The summed E-state index contributed by atoms with van der Waals surface area (Å²) < 4.78 is 0. The smallest absolute Gasteiger partial charge is 0.240 e. The molecule has 128 valence electrons. The quantitative estimate of drug-likeness (QED) is 0.647. The van der Waals surface area contributed by atoms with Gasteiger partial charge >= 0.3 is 0 Å². The van der Waals surface area contributed by atoms with Gasteiger partial charge in [-0.05, 0) is 51.0 Å². The predicted molar refractivity (Wildman–Crippen MR) is 96.6 cm³/mol. The van der Waals surface area contributed by atoms with Crippen molar-refractivity contribution < 1.29 is 14.4 Å². The van der Waals surface area contributed by atoms with Crippen molar-refractivity contribution >= 4 is 29.0 Å². The molecule has 5 nitrogen and oxygen atoms in total. The van der Waals surface area contributed by atoms with Crippen molar-refractivity contribution in [3.63, 3.8) is 0 Å². The van der Waals surface area contributed by atoms with Crippen LogP contribution in [-0.2, 0) is 9.59 Å². The van der Waals surface area contributed by atoms with Gasteiger partial charge in [-0.1, -0.05) is 29.8 Å². The van der Waals surface area contributed by atoms with E-state index < -0.39 is 5.41 Å². The average molecular weight is 336 g/mol. The van der Waals surface area contributed by atoms with Gasteiger partial charge in [-0.15, -0.1) is 0 Å². The molecule has 2 aromatic rings. The van der Waals surface area contributed by atoms with E-state index >= 15 is 0 Å². The number of anilines is 2. The van der Waals surface area contributed by atoms with Gasteiger partial charge in [0.05, 0.1) is 0 Å². The van der Waals surface area contributed by atoms with Gasteiger partial charge in [-0.3, -0.25) is 14.4 Å². The van der Waals surface area contributed by atoms with Gasteiger partial charge in [-0.2, -0.15) is 0 Å². The van der Waals surface area contributed by atoms with Crippen molar-refractivity contribution in [1.82, 2.24) is 0 Å². The Morgan fingerprint density at radius 1 is 0.880 bits per heavy atom. The molecule has 0 bridgehead atoms. The largest absolute Gasteiger partial charge is 0.325 e. The van der Waals surface area contributed by atoms with E-state index in [1.807, 2.05) is 31.2 Å². The van der Waals surface area contributed by atoms with Gasteiger partial charge in [0.15, 0.2) is 5.78 Å². The summed E-state index contributed by atoms with van der Waals surface area (Å²) in [7, 11) is 0. The van der Waals surface area contributed by atoms with Crippen LogP contribution in [0.15, 0.2) is 48.5 Å². The number of ketones is 1. The number of hydrogen-bond acceptors (Lipinski definition) is 3. The molecule has 1 saturated carbocycles. The zero-order chi connectivity index (χ0) is 18.0. The lowest BCUT2D eigenvalue weighted by Gasteiger charge is -2.16. The SMILES string of the molecule is CC(=O)c1cccc(NC(=O)C2(C(=O)Nc3ccc(C)cc3)CC2)c1. The summed E-state index contributed by atoms with van der Waals surface area (Å²) in [6.07, 6.45) is 1.03. The van der Waals surface area contributed by atoms with Gasteiger partial charge in [0.25, 0.3) is 0 Å². The summed E-state index contributed by atoms with van der Waals surface area (Å²) in [4.78, 5) is 36.6. The van der Waals surface area contributed by atoms with Gasteiger partial charge in [0.2, 0.25) is 11.8 Å². The van der Waals surface area contributed by atoms with Crippen molar-refractivity contribution in [3.05, 3.63) is 59.7 Å². The van der Waals surface area contributed by atoms with Crippen LogP contribution in [-0.4, -0.2) is 17.6 Å². The van der Waals surface area contributed by atoms with Crippen LogP contribution in [0.2, 0.25) is 0 Å². The maximum absolute atomic E-state index is 12.6. The number of aryl methyl sites for hydroxylation is 1. The third kappa shape index (κ3) is 3.60. The molecular formula is C20H20N2O3. The molecule has 5 heteroatoms. The Balaban J connectivity index is 1.70. The minimum atomic E-state index is -1.03. The third-order valence-electron chi connectivity index (χ3n) is 4.46. The zero-order valence-corrected chi connectivity index (χ0v) is 14.3. The second kappa shape index (κ2) is 6.51. The number of amides is 2. The average Bonchev–Trinajstić information content (AvgIpc) is 3.39. The number of carbonyl (C=O) groups is 3. The van der Waals surface area contributed by atoms with Crippen LogP contribution >= 0.6 is 0 Å². The third-order valence-corrected chi connectivity index (χ3v) is 4.46. The molecule has 25 heavy (non-hydrogen) atoms. The van der Waals surface area contributed by atoms with Crippen LogP contribution in [0.25, 0.3) is 0 Å². The highest BCUT2D eigenvalue weighted by Gasteiger charge is 2.56. The van der Waals surface area contributed by atoms with Crippen LogP contribution in [0.1, 0.15) is 35.7 Å². The fraction of sp³-hybridized carbons (Fsp3) is 0.250. The molecule has 2 amide bonds. The Morgan fingerprint density at radius 3 is 2.04 bits per heavy atom. The van der Waals surface area contributed by atoms with Crippen LogP contribution in [0.4, 0.5) is 11.4 Å². The normalized spacial score (nSPS) is 14.5. The van der Waals surface area contributed by atoms with Gasteiger partial charge in [0.1, 0.15) is 5.41 Å². The second-order valence-electron chi connectivity index (χ2n) is 6.49. The van der Waals surface area contributed by atoms with Crippen molar-refractivity contribution in [2.75, 3.05) is 10.6 Å². The van der Waals surface area contributed by atoms with E-state index in [4.69, 9.17) is 0 Å². The van der Waals surface area contributed by atoms with E-state index in [1.54, 1.807) is 24.3 Å². The lowest BCUT2D eigenvalue weighted by molar-refractivity contribution is -0.131. The molecule has 1 aliphatic rings. The molecular weight excluding hydrogens is 316 g/mol. The molecule has 0 heterocycles. The lowest BCUT2D eigenvalue weighted by Crippen LogP contribution is -2.35. The van der Waals surface area contributed by atoms with E-state index in [1.165, 1.54) is 6.92 Å². The lowest BCUT2D eigenvalue weighted by atomic mass is 10.0. The minimum absolute atomic E-state index is 0.0747. The molecule has 2 N–H and O–H groups in total. The number of benzene rings is 2. The number of nitrogens with one attached hydrogen (secondary N) is 2. The summed E-state index contributed by atoms with van der Waals surface area (Å²) in [5, 5.41) is 5.58. The Morgan fingerprint density at radius 2 is 1.48 bits per heavy atom. The molecule has 0 radical (unpaired) electrons. The van der Waals surface area contributed by atoms with Crippen LogP contribution < -0.4 is 10.6 Å². The first-order chi connectivity index (χ1) is 11.9. The molecule has 3 rings (SSSR count). The van der Waals surface area contributed by atoms with Crippen molar-refractivity contribution in [1.29, 1.82) is 0 Å².